The van der Waals surface area contributed by atoms with Crippen molar-refractivity contribution in [3.63, 3.8) is 0 Å². The molecule has 1 rings (SSSR count). The van der Waals surface area contributed by atoms with E-state index in [0.717, 1.165) is 4.48 Å². The van der Waals surface area contributed by atoms with Gasteiger partial charge in [0, 0.05) is 20.0 Å². The monoisotopic (exact) mass is 308 g/mol. The average molecular weight is 309 g/mol. The first-order chi connectivity index (χ1) is 7.67. The molecule has 1 aromatic heterocycles. The van der Waals surface area contributed by atoms with Gasteiger partial charge in [0.05, 0.1) is 6.54 Å². The Morgan fingerprint density at radius 3 is 2.81 bits per heavy atom. The number of hydrogen-bond acceptors (Lipinski definition) is 6. The van der Waals surface area contributed by atoms with Gasteiger partial charge in [-0.25, -0.2) is 4.68 Å². The van der Waals surface area contributed by atoms with Gasteiger partial charge in [0.1, 0.15) is 0 Å². The summed E-state index contributed by atoms with van der Waals surface area (Å²) in [5, 5.41) is 12.1. The molecule has 0 aliphatic carbocycles. The molecule has 0 aliphatic rings. The normalized spacial score (nSPS) is 11.0. The van der Waals surface area contributed by atoms with Crippen molar-refractivity contribution in [3.8, 4) is 0 Å². The molecule has 0 aliphatic heterocycles. The van der Waals surface area contributed by atoms with Crippen molar-refractivity contribution in [2.45, 2.75) is 18.0 Å². The third-order valence-electron chi connectivity index (χ3n) is 1.70. The van der Waals surface area contributed by atoms with Crippen LogP contribution in [0.4, 0.5) is 0 Å². The molecule has 0 atom stereocenters. The fourth-order valence-electron chi connectivity index (χ4n) is 0.944. The summed E-state index contributed by atoms with van der Waals surface area (Å²) in [4.78, 5) is 0. The Bertz CT molecular complexity index is 343. The summed E-state index contributed by atoms with van der Waals surface area (Å²) in [6, 6.07) is 0. The first-order valence-electron chi connectivity index (χ1n) is 4.45. The Morgan fingerprint density at radius 1 is 1.56 bits per heavy atom. The Kier molecular flexibility index (Phi) is 5.96. The molecular weight excluding hydrogens is 296 g/mol. The Hall–Kier alpha value is -0.440. The lowest BCUT2D eigenvalue weighted by molar-refractivity contribution is -0.113. The molecule has 0 saturated carbocycles. The van der Waals surface area contributed by atoms with Gasteiger partial charge >= 0.3 is 0 Å². The summed E-state index contributed by atoms with van der Waals surface area (Å²) in [7, 11) is 3.15. The standard InChI is InChI=1S/C8H13BrN4O2S/c1-6(9)5-16-8-10-11-12-13(8)4-7(14-2)15-3/h7H,1,4-5H2,2-3H3. The number of nitrogens with zero attached hydrogens (tertiary/aromatic N) is 4. The van der Waals surface area contributed by atoms with Crippen LogP contribution in [0.2, 0.25) is 0 Å². The zero-order chi connectivity index (χ0) is 12.0. The van der Waals surface area contributed by atoms with Gasteiger partial charge in [-0.05, 0) is 14.9 Å². The van der Waals surface area contributed by atoms with Crippen LogP contribution in [0.3, 0.4) is 0 Å². The predicted octanol–water partition coefficient (Wildman–Crippen LogP) is 1.29. The van der Waals surface area contributed by atoms with E-state index in [-0.39, 0.29) is 6.29 Å². The van der Waals surface area contributed by atoms with Gasteiger partial charge in [-0.1, -0.05) is 34.3 Å². The van der Waals surface area contributed by atoms with Crippen LogP contribution < -0.4 is 0 Å². The van der Waals surface area contributed by atoms with Crippen molar-refractivity contribution < 1.29 is 9.47 Å². The molecule has 6 nitrogen and oxygen atoms in total. The minimum Gasteiger partial charge on any atom is -0.354 e. The number of methoxy groups -OCH3 is 2. The zero-order valence-corrected chi connectivity index (χ0v) is 11.5. The van der Waals surface area contributed by atoms with Crippen molar-refractivity contribution in [2.75, 3.05) is 20.0 Å². The molecule has 16 heavy (non-hydrogen) atoms. The topological polar surface area (TPSA) is 62.1 Å². The summed E-state index contributed by atoms with van der Waals surface area (Å²) >= 11 is 4.77. The lowest BCUT2D eigenvalue weighted by Crippen LogP contribution is -2.21. The van der Waals surface area contributed by atoms with Gasteiger partial charge in [-0.2, -0.15) is 0 Å². The molecule has 90 valence electrons. The third-order valence-corrected chi connectivity index (χ3v) is 3.40. The van der Waals surface area contributed by atoms with Crippen LogP contribution in [0.1, 0.15) is 0 Å². The average Bonchev–Trinajstić information content (AvgIpc) is 2.70. The molecule has 0 radical (unpaired) electrons. The van der Waals surface area contributed by atoms with Crippen LogP contribution in [0.15, 0.2) is 16.2 Å². The number of thioether (sulfide) groups is 1. The number of aromatic nitrogens is 4. The van der Waals surface area contributed by atoms with E-state index in [1.165, 1.54) is 11.8 Å². The second kappa shape index (κ2) is 7.00. The predicted molar refractivity (Wildman–Crippen MR) is 64.4 cm³/mol. The largest absolute Gasteiger partial charge is 0.354 e. The third kappa shape index (κ3) is 4.20. The van der Waals surface area contributed by atoms with Gasteiger partial charge in [-0.3, -0.25) is 0 Å². The van der Waals surface area contributed by atoms with E-state index in [1.54, 1.807) is 18.9 Å². The van der Waals surface area contributed by atoms with Crippen LogP contribution in [-0.4, -0.2) is 46.5 Å². The van der Waals surface area contributed by atoms with Crippen LogP contribution in [0.5, 0.6) is 0 Å². The molecule has 1 heterocycles. The summed E-state index contributed by atoms with van der Waals surface area (Å²) in [6.07, 6.45) is -0.352. The minimum atomic E-state index is -0.352. The highest BCUT2D eigenvalue weighted by molar-refractivity contribution is 9.11. The number of tetrazole rings is 1. The maximum atomic E-state index is 5.08. The maximum absolute atomic E-state index is 5.08. The molecule has 0 amide bonds. The molecule has 0 spiro atoms. The van der Waals surface area contributed by atoms with E-state index in [4.69, 9.17) is 9.47 Å². The maximum Gasteiger partial charge on any atom is 0.209 e. The quantitative estimate of drug-likeness (QED) is 0.559. The molecule has 8 heteroatoms. The highest BCUT2D eigenvalue weighted by Gasteiger charge is 2.12. The fraction of sp³-hybridized carbons (Fsp3) is 0.625. The number of rotatable bonds is 7. The first-order valence-corrected chi connectivity index (χ1v) is 6.23. The van der Waals surface area contributed by atoms with Crippen LogP contribution in [-0.2, 0) is 16.0 Å². The van der Waals surface area contributed by atoms with Crippen molar-refractivity contribution in [1.82, 2.24) is 20.2 Å². The lowest BCUT2D eigenvalue weighted by Gasteiger charge is -2.13. The fourth-order valence-corrected chi connectivity index (χ4v) is 1.93. The molecule has 0 N–H and O–H groups in total. The highest BCUT2D eigenvalue weighted by atomic mass is 79.9. The number of ether oxygens (including phenoxy) is 2. The van der Waals surface area contributed by atoms with E-state index in [1.807, 2.05) is 0 Å². The highest BCUT2D eigenvalue weighted by Crippen LogP contribution is 2.19. The van der Waals surface area contributed by atoms with E-state index < -0.39 is 0 Å². The second-order valence-corrected chi connectivity index (χ2v) is 4.91. The minimum absolute atomic E-state index is 0.352. The van der Waals surface area contributed by atoms with Gasteiger partial charge in [0.15, 0.2) is 6.29 Å². The molecule has 0 unspecified atom stereocenters. The van der Waals surface area contributed by atoms with E-state index in [2.05, 4.69) is 38.0 Å². The second-order valence-electron chi connectivity index (χ2n) is 2.85. The zero-order valence-electron chi connectivity index (χ0n) is 9.09. The Labute approximate surface area is 106 Å². The van der Waals surface area contributed by atoms with Gasteiger partial charge in [-0.15, -0.1) is 5.10 Å². The molecule has 0 aromatic carbocycles. The summed E-state index contributed by atoms with van der Waals surface area (Å²) in [5.41, 5.74) is 0. The van der Waals surface area contributed by atoms with Gasteiger partial charge < -0.3 is 9.47 Å². The van der Waals surface area contributed by atoms with Crippen LogP contribution in [0.25, 0.3) is 0 Å². The van der Waals surface area contributed by atoms with E-state index in [9.17, 15) is 0 Å². The van der Waals surface area contributed by atoms with E-state index in [0.29, 0.717) is 17.5 Å². The SMILES string of the molecule is C=C(Br)CSc1nnnn1CC(OC)OC. The smallest absolute Gasteiger partial charge is 0.209 e. The van der Waals surface area contributed by atoms with Crippen LogP contribution >= 0.6 is 27.7 Å². The molecular formula is C8H13BrN4O2S. The van der Waals surface area contributed by atoms with Gasteiger partial charge in [0.25, 0.3) is 0 Å². The summed E-state index contributed by atoms with van der Waals surface area (Å²) in [6.45, 7) is 4.20. The van der Waals surface area contributed by atoms with Crippen LogP contribution in [0, 0.1) is 0 Å². The number of hydrogen-bond donors (Lipinski definition) is 0. The lowest BCUT2D eigenvalue weighted by atomic mass is 10.6. The van der Waals surface area contributed by atoms with E-state index >= 15 is 0 Å². The molecule has 1 aromatic rings. The van der Waals surface area contributed by atoms with Gasteiger partial charge in [0.2, 0.25) is 5.16 Å². The number of halogens is 1. The Morgan fingerprint density at radius 2 is 2.25 bits per heavy atom. The molecule has 0 saturated heterocycles. The van der Waals surface area contributed by atoms with Crippen molar-refractivity contribution in [2.24, 2.45) is 0 Å². The summed E-state index contributed by atoms with van der Waals surface area (Å²) in [5.74, 6) is 0.713. The van der Waals surface area contributed by atoms with Crippen molar-refractivity contribution >= 4 is 27.7 Å². The van der Waals surface area contributed by atoms with Crippen molar-refractivity contribution in [3.05, 3.63) is 11.1 Å². The first kappa shape index (κ1) is 13.6. The Balaban J connectivity index is 2.59. The molecule has 0 fully saturated rings. The molecule has 0 bridgehead atoms. The van der Waals surface area contributed by atoms with Crippen molar-refractivity contribution in [1.29, 1.82) is 0 Å². The summed E-state index contributed by atoms with van der Waals surface area (Å²) < 4.78 is 12.7.